The van der Waals surface area contributed by atoms with Crippen molar-refractivity contribution in [1.82, 2.24) is 0 Å². The Morgan fingerprint density at radius 3 is 2.83 bits per heavy atom. The molecule has 1 aromatic rings. The maximum Gasteiger partial charge on any atom is 0.168 e. The van der Waals surface area contributed by atoms with Gasteiger partial charge < -0.3 is 4.74 Å². The van der Waals surface area contributed by atoms with Gasteiger partial charge in [0, 0.05) is 18.1 Å². The molecule has 64 valence electrons. The first kappa shape index (κ1) is 7.98. The van der Waals surface area contributed by atoms with Crippen LogP contribution in [-0.2, 0) is 6.42 Å². The van der Waals surface area contributed by atoms with Gasteiger partial charge in [-0.3, -0.25) is 0 Å². The summed E-state index contributed by atoms with van der Waals surface area (Å²) in [7, 11) is 0. The molecule has 1 aliphatic rings. The monoisotopic (exact) mass is 234 g/mol. The van der Waals surface area contributed by atoms with E-state index in [0.29, 0.717) is 23.1 Å². The van der Waals surface area contributed by atoms with Gasteiger partial charge in [-0.05, 0) is 15.9 Å². The van der Waals surface area contributed by atoms with Gasteiger partial charge in [0.15, 0.2) is 11.6 Å². The van der Waals surface area contributed by atoms with Crippen molar-refractivity contribution in [2.75, 3.05) is 6.61 Å². The number of fused-ring (bicyclic) bond motifs is 1. The molecule has 0 aromatic heterocycles. The zero-order valence-electron chi connectivity index (χ0n) is 6.03. The quantitative estimate of drug-likeness (QED) is 0.628. The SMILES string of the molecule is Fc1cc(F)c2c(c1Br)CCO2. The standard InChI is InChI=1S/C8H5BrF2O/c9-7-4-1-2-12-8(4)6(11)3-5(7)10/h3H,1-2H2. The molecule has 1 heterocycles. The molecule has 4 heteroatoms. The molecule has 0 amide bonds. The summed E-state index contributed by atoms with van der Waals surface area (Å²) in [6.07, 6.45) is 0.560. The summed E-state index contributed by atoms with van der Waals surface area (Å²) in [5, 5.41) is 0. The summed E-state index contributed by atoms with van der Waals surface area (Å²) in [4.78, 5) is 0. The van der Waals surface area contributed by atoms with Crippen LogP contribution < -0.4 is 4.74 Å². The number of rotatable bonds is 0. The number of halogens is 3. The minimum Gasteiger partial charge on any atom is -0.490 e. The van der Waals surface area contributed by atoms with Crippen LogP contribution >= 0.6 is 15.9 Å². The predicted molar refractivity (Wildman–Crippen MR) is 43.3 cm³/mol. The number of ether oxygens (including phenoxy) is 1. The van der Waals surface area contributed by atoms with Gasteiger partial charge in [-0.1, -0.05) is 0 Å². The van der Waals surface area contributed by atoms with Crippen LogP contribution in [0.5, 0.6) is 5.75 Å². The minimum atomic E-state index is -0.622. The highest BCUT2D eigenvalue weighted by atomic mass is 79.9. The molecule has 1 aromatic carbocycles. The molecule has 0 saturated heterocycles. The van der Waals surface area contributed by atoms with E-state index in [9.17, 15) is 8.78 Å². The zero-order chi connectivity index (χ0) is 8.72. The molecule has 12 heavy (non-hydrogen) atoms. The van der Waals surface area contributed by atoms with Crippen LogP contribution in [-0.4, -0.2) is 6.61 Å². The Kier molecular flexibility index (Phi) is 1.79. The van der Waals surface area contributed by atoms with Gasteiger partial charge in [0.1, 0.15) is 5.82 Å². The molecule has 0 unspecified atom stereocenters. The summed E-state index contributed by atoms with van der Waals surface area (Å²) in [6.45, 7) is 0.425. The lowest BCUT2D eigenvalue weighted by molar-refractivity contribution is 0.338. The van der Waals surface area contributed by atoms with Gasteiger partial charge in [-0.25, -0.2) is 8.78 Å². The molecular formula is C8H5BrF2O. The molecule has 0 aliphatic carbocycles. The fourth-order valence-electron chi connectivity index (χ4n) is 1.26. The van der Waals surface area contributed by atoms with Crippen molar-refractivity contribution in [2.45, 2.75) is 6.42 Å². The summed E-state index contributed by atoms with van der Waals surface area (Å²) < 4.78 is 31.1. The van der Waals surface area contributed by atoms with Crippen LogP contribution in [0, 0.1) is 11.6 Å². The Hall–Kier alpha value is -0.640. The molecule has 0 atom stereocenters. The maximum absolute atomic E-state index is 12.9. The molecule has 1 nitrogen and oxygen atoms in total. The molecule has 0 spiro atoms. The largest absolute Gasteiger partial charge is 0.490 e. The minimum absolute atomic E-state index is 0.184. The Morgan fingerprint density at radius 2 is 2.08 bits per heavy atom. The average molecular weight is 235 g/mol. The van der Waals surface area contributed by atoms with Crippen molar-refractivity contribution in [3.63, 3.8) is 0 Å². The van der Waals surface area contributed by atoms with Crippen LogP contribution in [0.4, 0.5) is 8.78 Å². The molecule has 2 rings (SSSR count). The molecular weight excluding hydrogens is 230 g/mol. The lowest BCUT2D eigenvalue weighted by Crippen LogP contribution is -1.89. The molecule has 0 bridgehead atoms. The lowest BCUT2D eigenvalue weighted by atomic mass is 10.1. The smallest absolute Gasteiger partial charge is 0.168 e. The van der Waals surface area contributed by atoms with E-state index in [1.807, 2.05) is 0 Å². The van der Waals surface area contributed by atoms with E-state index >= 15 is 0 Å². The molecule has 0 N–H and O–H groups in total. The van der Waals surface area contributed by atoms with Gasteiger partial charge in [-0.2, -0.15) is 0 Å². The second-order valence-corrected chi connectivity index (χ2v) is 3.35. The van der Waals surface area contributed by atoms with Crippen LogP contribution in [0.15, 0.2) is 10.5 Å². The van der Waals surface area contributed by atoms with E-state index in [4.69, 9.17) is 4.74 Å². The Morgan fingerprint density at radius 1 is 1.33 bits per heavy atom. The molecule has 0 saturated carbocycles. The number of hydrogen-bond acceptors (Lipinski definition) is 1. The molecule has 1 aliphatic heterocycles. The van der Waals surface area contributed by atoms with Crippen LogP contribution in [0.3, 0.4) is 0 Å². The third-order valence-corrected chi connectivity index (χ3v) is 2.67. The van der Waals surface area contributed by atoms with Gasteiger partial charge in [0.25, 0.3) is 0 Å². The van der Waals surface area contributed by atoms with Gasteiger partial charge in [0.05, 0.1) is 11.1 Å². The summed E-state index contributed by atoms with van der Waals surface area (Å²) in [5.74, 6) is -1.01. The third kappa shape index (κ3) is 1.02. The maximum atomic E-state index is 12.9. The first-order valence-corrected chi connectivity index (χ1v) is 4.28. The van der Waals surface area contributed by atoms with Crippen molar-refractivity contribution in [2.24, 2.45) is 0 Å². The third-order valence-electron chi connectivity index (χ3n) is 1.82. The summed E-state index contributed by atoms with van der Waals surface area (Å²) in [5.41, 5.74) is 0.590. The highest BCUT2D eigenvalue weighted by molar-refractivity contribution is 9.10. The first-order chi connectivity index (χ1) is 5.70. The van der Waals surface area contributed by atoms with E-state index in [-0.39, 0.29) is 5.75 Å². The zero-order valence-corrected chi connectivity index (χ0v) is 7.62. The lowest BCUT2D eigenvalue weighted by Gasteiger charge is -2.02. The van der Waals surface area contributed by atoms with Crippen LogP contribution in [0.25, 0.3) is 0 Å². The van der Waals surface area contributed by atoms with Crippen molar-refractivity contribution < 1.29 is 13.5 Å². The number of hydrogen-bond donors (Lipinski definition) is 0. The van der Waals surface area contributed by atoms with E-state index in [0.717, 1.165) is 6.07 Å². The Labute approximate surface area is 76.5 Å². The normalized spacial score (nSPS) is 14.2. The molecule has 0 fully saturated rings. The van der Waals surface area contributed by atoms with Crippen molar-refractivity contribution >= 4 is 15.9 Å². The van der Waals surface area contributed by atoms with E-state index in [1.54, 1.807) is 0 Å². The highest BCUT2D eigenvalue weighted by Gasteiger charge is 2.22. The summed E-state index contributed by atoms with van der Waals surface area (Å²) in [6, 6.07) is 0.828. The second-order valence-electron chi connectivity index (χ2n) is 2.56. The highest BCUT2D eigenvalue weighted by Crippen LogP contribution is 2.35. The fourth-order valence-corrected chi connectivity index (χ4v) is 1.76. The van der Waals surface area contributed by atoms with Crippen molar-refractivity contribution in [3.8, 4) is 5.75 Å². The topological polar surface area (TPSA) is 9.23 Å². The fraction of sp³-hybridized carbons (Fsp3) is 0.250. The number of benzene rings is 1. The second kappa shape index (κ2) is 2.69. The van der Waals surface area contributed by atoms with Gasteiger partial charge in [0.2, 0.25) is 0 Å². The Balaban J connectivity index is 2.69. The van der Waals surface area contributed by atoms with E-state index < -0.39 is 11.6 Å². The van der Waals surface area contributed by atoms with Gasteiger partial charge in [-0.15, -0.1) is 0 Å². The predicted octanol–water partition coefficient (Wildman–Crippen LogP) is 2.66. The Bertz CT molecular complexity index is 338. The molecule has 0 radical (unpaired) electrons. The summed E-state index contributed by atoms with van der Waals surface area (Å²) >= 11 is 3.04. The van der Waals surface area contributed by atoms with Crippen LogP contribution in [0.1, 0.15) is 5.56 Å². The van der Waals surface area contributed by atoms with Crippen LogP contribution in [0.2, 0.25) is 0 Å². The van der Waals surface area contributed by atoms with Crippen molar-refractivity contribution in [3.05, 3.63) is 27.7 Å². The first-order valence-electron chi connectivity index (χ1n) is 3.49. The van der Waals surface area contributed by atoms with E-state index in [1.165, 1.54) is 0 Å². The average Bonchev–Trinajstić information content (AvgIpc) is 2.48. The van der Waals surface area contributed by atoms with Crippen molar-refractivity contribution in [1.29, 1.82) is 0 Å². The van der Waals surface area contributed by atoms with Gasteiger partial charge >= 0.3 is 0 Å². The van der Waals surface area contributed by atoms with E-state index in [2.05, 4.69) is 15.9 Å².